The first-order valence-electron chi connectivity index (χ1n) is 9.63. The Morgan fingerprint density at radius 1 is 1.14 bits per heavy atom. The molecule has 0 aliphatic carbocycles. The predicted octanol–water partition coefficient (Wildman–Crippen LogP) is 4.99. The van der Waals surface area contributed by atoms with E-state index < -0.39 is 0 Å². The summed E-state index contributed by atoms with van der Waals surface area (Å²) in [6, 6.07) is 7.55. The Hall–Kier alpha value is -2.11. The van der Waals surface area contributed by atoms with Crippen LogP contribution < -0.4 is 5.32 Å². The third-order valence-electron chi connectivity index (χ3n) is 5.32. The Bertz CT molecular complexity index is 1070. The van der Waals surface area contributed by atoms with Crippen LogP contribution in [0.2, 0.25) is 10.0 Å². The van der Waals surface area contributed by atoms with Crippen molar-refractivity contribution in [2.75, 3.05) is 6.54 Å². The molecule has 0 aliphatic heterocycles. The molecule has 0 atom stereocenters. The Balaban J connectivity index is 1.64. The fourth-order valence-corrected chi connectivity index (χ4v) is 3.77. The van der Waals surface area contributed by atoms with Crippen molar-refractivity contribution in [1.82, 2.24) is 19.9 Å². The lowest BCUT2D eigenvalue weighted by Gasteiger charge is -2.26. The standard InChI is InChI=1S/C22H26Cl2N4O/c1-13-10-20-26-14(2)17(15(3)28(20)27-13)7-9-21(29)25-12-22(4,5)16-6-8-18(23)19(24)11-16/h6,8,10-11H,7,9,12H2,1-5H3,(H,25,29). The fraction of sp³-hybridized carbons (Fsp3) is 0.409. The van der Waals surface area contributed by atoms with Crippen LogP contribution in [0.1, 0.15) is 48.5 Å². The summed E-state index contributed by atoms with van der Waals surface area (Å²) >= 11 is 12.1. The number of amides is 1. The third-order valence-corrected chi connectivity index (χ3v) is 6.06. The molecule has 0 spiro atoms. The van der Waals surface area contributed by atoms with E-state index in [9.17, 15) is 4.79 Å². The average Bonchev–Trinajstić information content (AvgIpc) is 3.02. The Kier molecular flexibility index (Phi) is 6.20. The lowest BCUT2D eigenvalue weighted by Crippen LogP contribution is -2.36. The van der Waals surface area contributed by atoms with Crippen LogP contribution in [-0.4, -0.2) is 27.0 Å². The number of aromatic nitrogens is 3. The van der Waals surface area contributed by atoms with Gasteiger partial charge in [-0.1, -0.05) is 43.1 Å². The van der Waals surface area contributed by atoms with Crippen LogP contribution in [0.3, 0.4) is 0 Å². The van der Waals surface area contributed by atoms with Gasteiger partial charge in [0.05, 0.1) is 15.7 Å². The summed E-state index contributed by atoms with van der Waals surface area (Å²) in [5, 5.41) is 8.59. The lowest BCUT2D eigenvalue weighted by molar-refractivity contribution is -0.121. The number of carbonyl (C=O) groups excluding carboxylic acids is 1. The molecular formula is C22H26Cl2N4O. The first kappa shape index (κ1) is 21.6. The normalized spacial score (nSPS) is 11.8. The van der Waals surface area contributed by atoms with Gasteiger partial charge in [-0.25, -0.2) is 9.50 Å². The minimum absolute atomic E-state index is 0.00804. The Morgan fingerprint density at radius 3 is 2.55 bits per heavy atom. The van der Waals surface area contributed by atoms with E-state index >= 15 is 0 Å². The number of benzene rings is 1. The fourth-order valence-electron chi connectivity index (χ4n) is 3.47. The molecule has 2 heterocycles. The summed E-state index contributed by atoms with van der Waals surface area (Å²) in [5.74, 6) is 0.00804. The van der Waals surface area contributed by atoms with E-state index in [0.717, 1.165) is 33.9 Å². The summed E-state index contributed by atoms with van der Waals surface area (Å²) in [4.78, 5) is 17.1. The highest BCUT2D eigenvalue weighted by Crippen LogP contribution is 2.29. The van der Waals surface area contributed by atoms with E-state index in [2.05, 4.69) is 29.2 Å². The van der Waals surface area contributed by atoms with Crippen molar-refractivity contribution in [2.45, 2.75) is 52.9 Å². The summed E-state index contributed by atoms with van der Waals surface area (Å²) in [7, 11) is 0. The maximum absolute atomic E-state index is 12.5. The van der Waals surface area contributed by atoms with Crippen molar-refractivity contribution in [3.05, 3.63) is 62.5 Å². The van der Waals surface area contributed by atoms with Gasteiger partial charge in [0, 0.05) is 35.8 Å². The molecule has 0 bridgehead atoms. The van der Waals surface area contributed by atoms with Crippen LogP contribution >= 0.6 is 23.2 Å². The second-order valence-corrected chi connectivity index (χ2v) is 8.92. The molecule has 0 unspecified atom stereocenters. The van der Waals surface area contributed by atoms with Gasteiger partial charge in [0.15, 0.2) is 5.65 Å². The quantitative estimate of drug-likeness (QED) is 0.596. The number of carbonyl (C=O) groups is 1. The van der Waals surface area contributed by atoms with Crippen molar-refractivity contribution in [2.24, 2.45) is 0 Å². The van der Waals surface area contributed by atoms with E-state index in [0.29, 0.717) is 29.4 Å². The smallest absolute Gasteiger partial charge is 0.220 e. The summed E-state index contributed by atoms with van der Waals surface area (Å²) < 4.78 is 1.85. The first-order valence-corrected chi connectivity index (χ1v) is 10.4. The molecular weight excluding hydrogens is 407 g/mol. The number of nitrogens with zero attached hydrogens (tertiary/aromatic N) is 3. The number of nitrogens with one attached hydrogen (secondary N) is 1. The molecule has 5 nitrogen and oxygen atoms in total. The van der Waals surface area contributed by atoms with Crippen LogP contribution in [0.4, 0.5) is 0 Å². The van der Waals surface area contributed by atoms with Crippen molar-refractivity contribution in [1.29, 1.82) is 0 Å². The van der Waals surface area contributed by atoms with Crippen LogP contribution in [0.25, 0.3) is 5.65 Å². The second-order valence-electron chi connectivity index (χ2n) is 8.11. The second kappa shape index (κ2) is 8.33. The molecule has 0 saturated heterocycles. The molecule has 7 heteroatoms. The molecule has 0 saturated carbocycles. The number of fused-ring (bicyclic) bond motifs is 1. The molecule has 1 aromatic carbocycles. The lowest BCUT2D eigenvalue weighted by atomic mass is 9.84. The van der Waals surface area contributed by atoms with Crippen molar-refractivity contribution >= 4 is 34.8 Å². The zero-order valence-corrected chi connectivity index (χ0v) is 18.9. The molecule has 154 valence electrons. The number of halogens is 2. The predicted molar refractivity (Wildman–Crippen MR) is 118 cm³/mol. The summed E-state index contributed by atoms with van der Waals surface area (Å²) in [6.07, 6.45) is 1.02. The van der Waals surface area contributed by atoms with Gasteiger partial charge in [0.2, 0.25) is 5.91 Å². The Labute approximate surface area is 181 Å². The van der Waals surface area contributed by atoms with Gasteiger partial charge < -0.3 is 5.32 Å². The zero-order chi connectivity index (χ0) is 21.3. The van der Waals surface area contributed by atoms with Gasteiger partial charge in [-0.15, -0.1) is 0 Å². The molecule has 0 aliphatic rings. The van der Waals surface area contributed by atoms with Gasteiger partial charge in [0.1, 0.15) is 0 Å². The molecule has 1 N–H and O–H groups in total. The van der Waals surface area contributed by atoms with Crippen molar-refractivity contribution < 1.29 is 4.79 Å². The van der Waals surface area contributed by atoms with Crippen LogP contribution in [0.15, 0.2) is 24.3 Å². The van der Waals surface area contributed by atoms with Crippen LogP contribution in [0.5, 0.6) is 0 Å². The first-order chi connectivity index (χ1) is 13.6. The maximum Gasteiger partial charge on any atom is 0.220 e. The largest absolute Gasteiger partial charge is 0.355 e. The van der Waals surface area contributed by atoms with Crippen LogP contribution in [-0.2, 0) is 16.6 Å². The van der Waals surface area contributed by atoms with E-state index in [1.807, 2.05) is 43.5 Å². The highest BCUT2D eigenvalue weighted by Gasteiger charge is 2.22. The minimum Gasteiger partial charge on any atom is -0.355 e. The number of aryl methyl sites for hydroxylation is 3. The van der Waals surface area contributed by atoms with Gasteiger partial charge in [-0.05, 0) is 50.5 Å². The van der Waals surface area contributed by atoms with Gasteiger partial charge >= 0.3 is 0 Å². The molecule has 2 aromatic heterocycles. The molecule has 0 fully saturated rings. The van der Waals surface area contributed by atoms with E-state index in [-0.39, 0.29) is 11.3 Å². The van der Waals surface area contributed by atoms with Crippen molar-refractivity contribution in [3.63, 3.8) is 0 Å². The highest BCUT2D eigenvalue weighted by atomic mass is 35.5. The van der Waals surface area contributed by atoms with E-state index in [1.54, 1.807) is 6.07 Å². The van der Waals surface area contributed by atoms with E-state index in [1.165, 1.54) is 0 Å². The maximum atomic E-state index is 12.5. The van der Waals surface area contributed by atoms with Crippen LogP contribution in [0, 0.1) is 20.8 Å². The molecule has 29 heavy (non-hydrogen) atoms. The third kappa shape index (κ3) is 4.73. The number of hydrogen-bond acceptors (Lipinski definition) is 3. The van der Waals surface area contributed by atoms with Crippen molar-refractivity contribution in [3.8, 4) is 0 Å². The summed E-state index contributed by atoms with van der Waals surface area (Å²) in [6.45, 7) is 10.6. The highest BCUT2D eigenvalue weighted by molar-refractivity contribution is 6.42. The van der Waals surface area contributed by atoms with Gasteiger partial charge in [0.25, 0.3) is 0 Å². The van der Waals surface area contributed by atoms with Gasteiger partial charge in [-0.2, -0.15) is 5.10 Å². The minimum atomic E-state index is -0.261. The Morgan fingerprint density at radius 2 is 1.86 bits per heavy atom. The average molecular weight is 433 g/mol. The molecule has 3 rings (SSSR count). The molecule has 1 amide bonds. The molecule has 3 aromatic rings. The summed E-state index contributed by atoms with van der Waals surface area (Å²) in [5.41, 5.74) is 5.59. The monoisotopic (exact) mass is 432 g/mol. The SMILES string of the molecule is Cc1cc2nc(C)c(CCC(=O)NCC(C)(C)c3ccc(Cl)c(Cl)c3)c(C)n2n1. The zero-order valence-electron chi connectivity index (χ0n) is 17.4. The van der Waals surface area contributed by atoms with E-state index in [4.69, 9.17) is 23.2 Å². The number of hydrogen-bond donors (Lipinski definition) is 1. The number of rotatable bonds is 6. The topological polar surface area (TPSA) is 59.3 Å². The van der Waals surface area contributed by atoms with Gasteiger partial charge in [-0.3, -0.25) is 4.79 Å². The molecule has 0 radical (unpaired) electrons.